The van der Waals surface area contributed by atoms with Crippen molar-refractivity contribution in [2.75, 3.05) is 26.4 Å². The molecule has 1 heterocycles. The smallest absolute Gasteiger partial charge is 0.344 e. The first-order valence-corrected chi connectivity index (χ1v) is 12.1. The summed E-state index contributed by atoms with van der Waals surface area (Å²) in [5.74, 6) is 1.09. The first kappa shape index (κ1) is 26.0. The summed E-state index contributed by atoms with van der Waals surface area (Å²) in [7, 11) is 0. The van der Waals surface area contributed by atoms with Crippen LogP contribution in [-0.4, -0.2) is 42.5 Å². The van der Waals surface area contributed by atoms with Gasteiger partial charge < -0.3 is 24.1 Å². The van der Waals surface area contributed by atoms with Crippen molar-refractivity contribution in [2.24, 2.45) is 4.99 Å². The molecule has 0 fully saturated rings. The molecule has 2 aromatic carbocycles. The van der Waals surface area contributed by atoms with E-state index in [4.69, 9.17) is 18.9 Å². The standard InChI is InChI=1S/C27H29NO6S/c1-5-15-34-21-14-9-18(16-22(21)32-7-3)17-23-25(29)24(27(30)33-8-4)26(35-23)28-19-10-12-20(13-11-19)31-6-2/h5,9-14,16-17,29H,1,6-8,15H2,2-4H3/b23-17-,28-26?. The summed E-state index contributed by atoms with van der Waals surface area (Å²) in [6, 6.07) is 12.6. The Hall–Kier alpha value is -3.65. The normalized spacial score (nSPS) is 15.4. The van der Waals surface area contributed by atoms with Crippen LogP contribution in [0.4, 0.5) is 5.69 Å². The highest BCUT2D eigenvalue weighted by Gasteiger charge is 2.33. The fraction of sp³-hybridized carbons (Fsp3) is 0.259. The number of thioether (sulfide) groups is 1. The second kappa shape index (κ2) is 12.7. The second-order valence-corrected chi connectivity index (χ2v) is 8.17. The van der Waals surface area contributed by atoms with Crippen LogP contribution in [0.25, 0.3) is 6.08 Å². The van der Waals surface area contributed by atoms with E-state index in [0.29, 0.717) is 47.0 Å². The van der Waals surface area contributed by atoms with Gasteiger partial charge in [0.15, 0.2) is 11.5 Å². The van der Waals surface area contributed by atoms with Gasteiger partial charge >= 0.3 is 5.97 Å². The molecule has 0 saturated heterocycles. The van der Waals surface area contributed by atoms with Gasteiger partial charge in [0, 0.05) is 0 Å². The van der Waals surface area contributed by atoms with E-state index in [1.54, 1.807) is 49.4 Å². The number of rotatable bonds is 11. The Labute approximate surface area is 209 Å². The molecule has 7 nitrogen and oxygen atoms in total. The minimum absolute atomic E-state index is 0.0351. The summed E-state index contributed by atoms with van der Waals surface area (Å²) in [6.07, 6.45) is 3.42. The van der Waals surface area contributed by atoms with Gasteiger partial charge in [-0.1, -0.05) is 30.5 Å². The van der Waals surface area contributed by atoms with Crippen LogP contribution < -0.4 is 14.2 Å². The van der Waals surface area contributed by atoms with Crippen LogP contribution >= 0.6 is 11.8 Å². The van der Waals surface area contributed by atoms with Crippen molar-refractivity contribution in [1.82, 2.24) is 0 Å². The molecule has 2 aromatic rings. The van der Waals surface area contributed by atoms with Gasteiger partial charge in [-0.3, -0.25) is 0 Å². The van der Waals surface area contributed by atoms with Crippen LogP contribution in [0.5, 0.6) is 17.2 Å². The van der Waals surface area contributed by atoms with Crippen LogP contribution in [0.3, 0.4) is 0 Å². The van der Waals surface area contributed by atoms with Gasteiger partial charge in [0.05, 0.1) is 30.4 Å². The lowest BCUT2D eigenvalue weighted by Crippen LogP contribution is -2.12. The Morgan fingerprint density at radius 3 is 2.40 bits per heavy atom. The monoisotopic (exact) mass is 495 g/mol. The number of aliphatic imine (C=N–C) groups is 1. The number of aliphatic hydroxyl groups is 1. The first-order valence-electron chi connectivity index (χ1n) is 11.3. The predicted molar refractivity (Wildman–Crippen MR) is 140 cm³/mol. The van der Waals surface area contributed by atoms with E-state index >= 15 is 0 Å². The number of esters is 1. The average molecular weight is 496 g/mol. The molecule has 1 aliphatic heterocycles. The topological polar surface area (TPSA) is 86.6 Å². The SMILES string of the molecule is C=CCOc1ccc(/C=C2\SC(=Nc3ccc(OCC)cc3)C(C(=O)OCC)=C2O)cc1OCC. The third-order valence-electron chi connectivity index (χ3n) is 4.67. The van der Waals surface area contributed by atoms with E-state index in [0.717, 1.165) is 11.3 Å². The van der Waals surface area contributed by atoms with Crippen molar-refractivity contribution in [3.05, 3.63) is 76.9 Å². The van der Waals surface area contributed by atoms with Crippen LogP contribution in [0.2, 0.25) is 0 Å². The molecule has 0 saturated carbocycles. The largest absolute Gasteiger partial charge is 0.506 e. The molecule has 0 amide bonds. The van der Waals surface area contributed by atoms with E-state index in [1.807, 2.05) is 26.0 Å². The van der Waals surface area contributed by atoms with Gasteiger partial charge in [-0.2, -0.15) is 0 Å². The maximum Gasteiger partial charge on any atom is 0.344 e. The van der Waals surface area contributed by atoms with E-state index < -0.39 is 5.97 Å². The minimum Gasteiger partial charge on any atom is -0.506 e. The molecule has 35 heavy (non-hydrogen) atoms. The van der Waals surface area contributed by atoms with E-state index in [-0.39, 0.29) is 17.9 Å². The molecule has 0 bridgehead atoms. The Morgan fingerprint density at radius 2 is 1.74 bits per heavy atom. The number of carbonyl (C=O) groups is 1. The summed E-state index contributed by atoms with van der Waals surface area (Å²) in [4.78, 5) is 17.7. The minimum atomic E-state index is -0.631. The van der Waals surface area contributed by atoms with Crippen molar-refractivity contribution in [3.8, 4) is 17.2 Å². The average Bonchev–Trinajstić information content (AvgIpc) is 3.14. The number of hydrogen-bond donors (Lipinski definition) is 1. The predicted octanol–water partition coefficient (Wildman–Crippen LogP) is 6.24. The van der Waals surface area contributed by atoms with Crippen LogP contribution in [0.15, 0.2) is 76.3 Å². The summed E-state index contributed by atoms with van der Waals surface area (Å²) < 4.78 is 22.0. The molecule has 184 valence electrons. The summed E-state index contributed by atoms with van der Waals surface area (Å²) in [5, 5.41) is 11.3. The van der Waals surface area contributed by atoms with E-state index in [2.05, 4.69) is 11.6 Å². The highest BCUT2D eigenvalue weighted by Crippen LogP contribution is 2.41. The molecule has 1 N–H and O–H groups in total. The number of aliphatic hydroxyl groups excluding tert-OH is 1. The maximum absolute atomic E-state index is 12.7. The second-order valence-electron chi connectivity index (χ2n) is 7.14. The Balaban J connectivity index is 1.97. The van der Waals surface area contributed by atoms with Gasteiger partial charge in [-0.05, 0) is 68.8 Å². The Kier molecular flexibility index (Phi) is 9.43. The summed E-state index contributed by atoms with van der Waals surface area (Å²) in [6.45, 7) is 10.7. The highest BCUT2D eigenvalue weighted by atomic mass is 32.2. The van der Waals surface area contributed by atoms with Crippen molar-refractivity contribution in [3.63, 3.8) is 0 Å². The molecule has 8 heteroatoms. The molecule has 0 spiro atoms. The zero-order chi connectivity index (χ0) is 25.2. The van der Waals surface area contributed by atoms with Gasteiger partial charge in [-0.15, -0.1) is 0 Å². The fourth-order valence-corrected chi connectivity index (χ4v) is 4.23. The van der Waals surface area contributed by atoms with E-state index in [1.165, 1.54) is 11.8 Å². The number of ether oxygens (including phenoxy) is 4. The zero-order valence-corrected chi connectivity index (χ0v) is 20.9. The Morgan fingerprint density at radius 1 is 1.00 bits per heavy atom. The molecule has 0 aromatic heterocycles. The van der Waals surface area contributed by atoms with Gasteiger partial charge in [0.1, 0.15) is 28.7 Å². The third kappa shape index (κ3) is 6.70. The van der Waals surface area contributed by atoms with E-state index in [9.17, 15) is 9.90 Å². The highest BCUT2D eigenvalue weighted by molar-refractivity contribution is 8.18. The van der Waals surface area contributed by atoms with Crippen molar-refractivity contribution >= 4 is 34.5 Å². The van der Waals surface area contributed by atoms with Crippen LogP contribution in [0.1, 0.15) is 26.3 Å². The molecule has 0 aliphatic carbocycles. The first-order chi connectivity index (χ1) is 17.0. The lowest BCUT2D eigenvalue weighted by molar-refractivity contribution is -0.138. The third-order valence-corrected chi connectivity index (χ3v) is 5.69. The molecule has 0 atom stereocenters. The molecule has 0 radical (unpaired) electrons. The molecule has 3 rings (SSSR count). The number of nitrogens with zero attached hydrogens (tertiary/aromatic N) is 1. The fourth-order valence-electron chi connectivity index (χ4n) is 3.19. The van der Waals surface area contributed by atoms with Gasteiger partial charge in [-0.25, -0.2) is 9.79 Å². The Bertz CT molecular complexity index is 1150. The van der Waals surface area contributed by atoms with Crippen molar-refractivity contribution < 1.29 is 28.8 Å². The van der Waals surface area contributed by atoms with Gasteiger partial charge in [0.25, 0.3) is 0 Å². The molecular weight excluding hydrogens is 466 g/mol. The summed E-state index contributed by atoms with van der Waals surface area (Å²) in [5.41, 5.74) is 1.42. The molecule has 0 unspecified atom stereocenters. The van der Waals surface area contributed by atoms with Gasteiger partial charge in [0.2, 0.25) is 0 Å². The maximum atomic E-state index is 12.7. The quantitative estimate of drug-likeness (QED) is 0.292. The summed E-state index contributed by atoms with van der Waals surface area (Å²) >= 11 is 1.19. The number of carbonyl (C=O) groups excluding carboxylic acids is 1. The van der Waals surface area contributed by atoms with Crippen LogP contribution in [0, 0.1) is 0 Å². The number of hydrogen-bond acceptors (Lipinski definition) is 8. The van der Waals surface area contributed by atoms with Crippen LogP contribution in [-0.2, 0) is 9.53 Å². The van der Waals surface area contributed by atoms with Crippen molar-refractivity contribution in [1.29, 1.82) is 0 Å². The molecular formula is C27H29NO6S. The lowest BCUT2D eigenvalue weighted by Gasteiger charge is -2.11. The number of benzene rings is 2. The van der Waals surface area contributed by atoms with Crippen molar-refractivity contribution in [2.45, 2.75) is 20.8 Å². The molecule has 1 aliphatic rings. The lowest BCUT2D eigenvalue weighted by atomic mass is 10.1. The zero-order valence-electron chi connectivity index (χ0n) is 20.1.